The fourth-order valence-corrected chi connectivity index (χ4v) is 3.47. The first-order chi connectivity index (χ1) is 16.9. The average molecular weight is 496 g/mol. The number of rotatable bonds is 7. The summed E-state index contributed by atoms with van der Waals surface area (Å²) < 4.78 is 15.9. The molecule has 35 heavy (non-hydrogen) atoms. The molecule has 1 heterocycles. The molecule has 1 aliphatic rings. The topological polar surface area (TPSA) is 129 Å². The van der Waals surface area contributed by atoms with Crippen molar-refractivity contribution >= 4 is 40.9 Å². The summed E-state index contributed by atoms with van der Waals surface area (Å²) >= 11 is 6.13. The Bertz CT molecular complexity index is 1360. The Kier molecular flexibility index (Phi) is 6.83. The van der Waals surface area contributed by atoms with E-state index in [1.165, 1.54) is 37.5 Å². The average Bonchev–Trinajstić information content (AvgIpc) is 3.32. The van der Waals surface area contributed by atoms with Gasteiger partial charge in [0.25, 0.3) is 17.5 Å². The molecule has 10 nitrogen and oxygen atoms in total. The standard InChI is InChI=1S/C24H18ClN3O7/c1-33-21-12-15(28(31)32)7-8-18(21)26-24(30)19(27-23(29)16-4-2-3-5-17(16)25)10-14-6-9-20-22(11-14)35-13-34-20/h2-12H,13H2,1H3,(H,26,30)(H,27,29)/b19-10+. The van der Waals surface area contributed by atoms with E-state index in [1.807, 2.05) is 0 Å². The molecule has 0 spiro atoms. The van der Waals surface area contributed by atoms with E-state index < -0.39 is 16.7 Å². The van der Waals surface area contributed by atoms with Crippen LogP contribution in [-0.2, 0) is 4.79 Å². The molecule has 0 saturated carbocycles. The third-order valence-corrected chi connectivity index (χ3v) is 5.29. The number of fused-ring (bicyclic) bond motifs is 1. The molecule has 2 N–H and O–H groups in total. The predicted molar refractivity (Wildman–Crippen MR) is 128 cm³/mol. The molecule has 3 aromatic rings. The van der Waals surface area contributed by atoms with Crippen molar-refractivity contribution in [3.63, 3.8) is 0 Å². The van der Waals surface area contributed by atoms with Gasteiger partial charge in [0, 0.05) is 6.07 Å². The second-order valence-electron chi connectivity index (χ2n) is 7.20. The van der Waals surface area contributed by atoms with Crippen molar-refractivity contribution in [3.8, 4) is 17.2 Å². The highest BCUT2D eigenvalue weighted by atomic mass is 35.5. The predicted octanol–water partition coefficient (Wildman–Crippen LogP) is 4.40. The van der Waals surface area contributed by atoms with Crippen molar-refractivity contribution in [3.05, 3.63) is 92.6 Å². The molecule has 0 saturated heterocycles. The maximum Gasteiger partial charge on any atom is 0.273 e. The van der Waals surface area contributed by atoms with E-state index in [1.54, 1.807) is 36.4 Å². The quantitative estimate of drug-likeness (QED) is 0.282. The second kappa shape index (κ2) is 10.1. The number of methoxy groups -OCH3 is 1. The van der Waals surface area contributed by atoms with Crippen LogP contribution in [0.5, 0.6) is 17.2 Å². The molecule has 11 heteroatoms. The molecular weight excluding hydrogens is 478 g/mol. The molecule has 0 fully saturated rings. The van der Waals surface area contributed by atoms with Crippen molar-refractivity contribution in [2.24, 2.45) is 0 Å². The summed E-state index contributed by atoms with van der Waals surface area (Å²) in [5.41, 5.74) is 0.574. The Morgan fingerprint density at radius 2 is 1.86 bits per heavy atom. The molecule has 3 aromatic carbocycles. The number of nitro benzene ring substituents is 1. The summed E-state index contributed by atoms with van der Waals surface area (Å²) in [6, 6.07) is 15.2. The molecule has 0 atom stereocenters. The largest absolute Gasteiger partial charge is 0.494 e. The van der Waals surface area contributed by atoms with E-state index in [9.17, 15) is 19.7 Å². The molecule has 4 rings (SSSR count). The lowest BCUT2D eigenvalue weighted by molar-refractivity contribution is -0.384. The first-order valence-electron chi connectivity index (χ1n) is 10.2. The summed E-state index contributed by atoms with van der Waals surface area (Å²) in [5.74, 6) is -0.173. The summed E-state index contributed by atoms with van der Waals surface area (Å²) in [4.78, 5) is 36.6. The maximum atomic E-state index is 13.2. The summed E-state index contributed by atoms with van der Waals surface area (Å²) in [7, 11) is 1.32. The van der Waals surface area contributed by atoms with E-state index in [4.69, 9.17) is 25.8 Å². The number of non-ortho nitro benzene ring substituents is 1. The van der Waals surface area contributed by atoms with Crippen LogP contribution in [0.25, 0.3) is 6.08 Å². The van der Waals surface area contributed by atoms with Crippen LogP contribution in [-0.4, -0.2) is 30.6 Å². The molecule has 0 bridgehead atoms. The highest BCUT2D eigenvalue weighted by molar-refractivity contribution is 6.34. The SMILES string of the molecule is COc1cc([N+](=O)[O-])ccc1NC(=O)/C(=C\c1ccc2c(c1)OCO2)NC(=O)c1ccccc1Cl. The number of hydrogen-bond acceptors (Lipinski definition) is 7. The number of nitro groups is 1. The van der Waals surface area contributed by atoms with E-state index >= 15 is 0 Å². The molecule has 0 radical (unpaired) electrons. The van der Waals surface area contributed by atoms with Gasteiger partial charge in [-0.1, -0.05) is 29.8 Å². The van der Waals surface area contributed by atoms with Gasteiger partial charge in [-0.25, -0.2) is 0 Å². The highest BCUT2D eigenvalue weighted by Crippen LogP contribution is 2.33. The van der Waals surface area contributed by atoms with Crippen molar-refractivity contribution in [2.75, 3.05) is 19.2 Å². The molecular formula is C24H18ClN3O7. The normalized spacial score (nSPS) is 12.1. The first kappa shape index (κ1) is 23.6. The fraction of sp³-hybridized carbons (Fsp3) is 0.0833. The number of halogens is 1. The van der Waals surface area contributed by atoms with Crippen LogP contribution in [0.4, 0.5) is 11.4 Å². The molecule has 0 unspecified atom stereocenters. The number of carbonyl (C=O) groups is 2. The van der Waals surface area contributed by atoms with Gasteiger partial charge in [-0.3, -0.25) is 19.7 Å². The molecule has 1 aliphatic heterocycles. The Morgan fingerprint density at radius 3 is 2.60 bits per heavy atom. The van der Waals surface area contributed by atoms with Gasteiger partial charge in [0.1, 0.15) is 11.4 Å². The van der Waals surface area contributed by atoms with E-state index in [0.717, 1.165) is 0 Å². The lowest BCUT2D eigenvalue weighted by Crippen LogP contribution is -2.31. The van der Waals surface area contributed by atoms with Gasteiger partial charge in [0.15, 0.2) is 11.5 Å². The van der Waals surface area contributed by atoms with Crippen LogP contribution in [0.1, 0.15) is 15.9 Å². The van der Waals surface area contributed by atoms with E-state index in [-0.39, 0.29) is 40.2 Å². The van der Waals surface area contributed by atoms with E-state index in [0.29, 0.717) is 17.1 Å². The Balaban J connectivity index is 1.67. The molecule has 2 amide bonds. The van der Waals surface area contributed by atoms with Gasteiger partial charge in [-0.2, -0.15) is 0 Å². The number of nitrogens with zero attached hydrogens (tertiary/aromatic N) is 1. The zero-order chi connectivity index (χ0) is 24.9. The smallest absolute Gasteiger partial charge is 0.273 e. The van der Waals surface area contributed by atoms with Crippen LogP contribution in [0.15, 0.2) is 66.4 Å². The van der Waals surface area contributed by atoms with Crippen molar-refractivity contribution < 1.29 is 28.7 Å². The van der Waals surface area contributed by atoms with Gasteiger partial charge in [-0.05, 0) is 42.0 Å². The Hall–Kier alpha value is -4.57. The maximum absolute atomic E-state index is 13.2. The lowest BCUT2D eigenvalue weighted by atomic mass is 10.1. The number of amides is 2. The van der Waals surface area contributed by atoms with Crippen LogP contribution in [0.2, 0.25) is 5.02 Å². The van der Waals surface area contributed by atoms with Gasteiger partial charge in [0.2, 0.25) is 6.79 Å². The minimum atomic E-state index is -0.699. The third kappa shape index (κ3) is 5.33. The van der Waals surface area contributed by atoms with Crippen LogP contribution in [0, 0.1) is 10.1 Å². The zero-order valence-electron chi connectivity index (χ0n) is 18.2. The number of hydrogen-bond donors (Lipinski definition) is 2. The van der Waals surface area contributed by atoms with Gasteiger partial charge in [0.05, 0.1) is 34.4 Å². The molecule has 0 aliphatic carbocycles. The van der Waals surface area contributed by atoms with Gasteiger partial charge in [-0.15, -0.1) is 0 Å². The summed E-state index contributed by atoms with van der Waals surface area (Å²) in [6.45, 7) is 0.0824. The van der Waals surface area contributed by atoms with Crippen LogP contribution >= 0.6 is 11.6 Å². The number of ether oxygens (including phenoxy) is 3. The molecule has 178 valence electrons. The monoisotopic (exact) mass is 495 g/mol. The zero-order valence-corrected chi connectivity index (χ0v) is 19.0. The summed E-state index contributed by atoms with van der Waals surface area (Å²) in [6.07, 6.45) is 1.45. The van der Waals surface area contributed by atoms with Crippen LogP contribution < -0.4 is 24.8 Å². The van der Waals surface area contributed by atoms with Gasteiger partial charge >= 0.3 is 0 Å². The number of nitrogens with one attached hydrogen (secondary N) is 2. The number of anilines is 1. The lowest BCUT2D eigenvalue weighted by Gasteiger charge is -2.14. The van der Waals surface area contributed by atoms with Crippen molar-refractivity contribution in [1.82, 2.24) is 5.32 Å². The second-order valence-corrected chi connectivity index (χ2v) is 7.61. The third-order valence-electron chi connectivity index (χ3n) is 4.96. The Labute approximate surface area is 204 Å². The van der Waals surface area contributed by atoms with Gasteiger partial charge < -0.3 is 24.8 Å². The number of benzene rings is 3. The fourth-order valence-electron chi connectivity index (χ4n) is 3.25. The van der Waals surface area contributed by atoms with Crippen molar-refractivity contribution in [2.45, 2.75) is 0 Å². The van der Waals surface area contributed by atoms with Crippen molar-refractivity contribution in [1.29, 1.82) is 0 Å². The summed E-state index contributed by atoms with van der Waals surface area (Å²) in [5, 5.41) is 16.5. The number of carbonyl (C=O) groups excluding carboxylic acids is 2. The Morgan fingerprint density at radius 1 is 1.09 bits per heavy atom. The first-order valence-corrected chi connectivity index (χ1v) is 10.5. The minimum Gasteiger partial charge on any atom is -0.494 e. The molecule has 0 aromatic heterocycles. The van der Waals surface area contributed by atoms with Crippen LogP contribution in [0.3, 0.4) is 0 Å². The minimum absolute atomic E-state index is 0.0763. The van der Waals surface area contributed by atoms with E-state index in [2.05, 4.69) is 10.6 Å². The highest BCUT2D eigenvalue weighted by Gasteiger charge is 2.20.